The molecule has 1 heterocycles. The van der Waals surface area contributed by atoms with Gasteiger partial charge in [-0.05, 0) is 6.07 Å². The number of imidazole rings is 1. The van der Waals surface area contributed by atoms with Gasteiger partial charge in [-0.1, -0.05) is 0 Å². The van der Waals surface area contributed by atoms with Crippen LogP contribution in [-0.2, 0) is 13.6 Å². The molecule has 0 aliphatic carbocycles. The Morgan fingerprint density at radius 2 is 2.25 bits per heavy atom. The summed E-state index contributed by atoms with van der Waals surface area (Å²) in [5.41, 5.74) is 6.00. The van der Waals surface area contributed by atoms with Gasteiger partial charge in [0.25, 0.3) is 0 Å². The first-order valence-electron chi connectivity index (χ1n) is 5.89. The summed E-state index contributed by atoms with van der Waals surface area (Å²) in [6.45, 7) is 0.430. The van der Waals surface area contributed by atoms with Crippen LogP contribution < -0.4 is 10.6 Å². The molecule has 0 unspecified atom stereocenters. The van der Waals surface area contributed by atoms with Crippen LogP contribution in [0.15, 0.2) is 24.5 Å². The lowest BCUT2D eigenvalue weighted by Crippen LogP contribution is -2.21. The first-order valence-corrected chi connectivity index (χ1v) is 5.89. The number of hydrogen-bond acceptors (Lipinski definition) is 4. The van der Waals surface area contributed by atoms with E-state index in [2.05, 4.69) is 4.98 Å². The summed E-state index contributed by atoms with van der Waals surface area (Å²) in [5, 5.41) is 8.84. The lowest BCUT2D eigenvalue weighted by molar-refractivity contribution is 0.0692. The van der Waals surface area contributed by atoms with Gasteiger partial charge < -0.3 is 20.3 Å². The molecular weight excluding hydrogens is 263 g/mol. The minimum atomic E-state index is -1.34. The number of carboxylic acids is 1. The lowest BCUT2D eigenvalue weighted by atomic mass is 10.1. The highest BCUT2D eigenvalue weighted by Gasteiger charge is 2.16. The Labute approximate surface area is 115 Å². The highest BCUT2D eigenvalue weighted by atomic mass is 19.1. The van der Waals surface area contributed by atoms with Crippen molar-refractivity contribution in [3.63, 3.8) is 0 Å². The van der Waals surface area contributed by atoms with E-state index in [4.69, 9.17) is 10.8 Å². The van der Waals surface area contributed by atoms with Crippen molar-refractivity contribution in [1.82, 2.24) is 9.55 Å². The summed E-state index contributed by atoms with van der Waals surface area (Å²) >= 11 is 0. The van der Waals surface area contributed by atoms with Crippen LogP contribution in [0.4, 0.5) is 15.8 Å². The van der Waals surface area contributed by atoms with Crippen LogP contribution in [0, 0.1) is 5.82 Å². The number of hydrogen-bond donors (Lipinski definition) is 2. The number of rotatable bonds is 4. The number of aromatic carboxylic acids is 1. The van der Waals surface area contributed by atoms with E-state index in [-0.39, 0.29) is 5.69 Å². The van der Waals surface area contributed by atoms with Crippen LogP contribution in [-0.4, -0.2) is 27.7 Å². The number of anilines is 2. The van der Waals surface area contributed by atoms with Crippen LogP contribution in [0.2, 0.25) is 0 Å². The number of halogens is 1. The smallest absolute Gasteiger partial charge is 0.338 e. The van der Waals surface area contributed by atoms with Crippen molar-refractivity contribution in [2.75, 3.05) is 17.7 Å². The van der Waals surface area contributed by atoms with Crippen LogP contribution in [0.1, 0.15) is 16.2 Å². The van der Waals surface area contributed by atoms with Crippen molar-refractivity contribution in [2.24, 2.45) is 7.05 Å². The Balaban J connectivity index is 2.31. The zero-order valence-electron chi connectivity index (χ0n) is 11.2. The van der Waals surface area contributed by atoms with Crippen molar-refractivity contribution in [1.29, 1.82) is 0 Å². The summed E-state index contributed by atoms with van der Waals surface area (Å²) in [4.78, 5) is 16.7. The molecule has 0 saturated heterocycles. The fraction of sp³-hybridized carbons (Fsp3) is 0.231. The van der Waals surface area contributed by atoms with Crippen LogP contribution in [0.3, 0.4) is 0 Å². The molecule has 7 heteroatoms. The van der Waals surface area contributed by atoms with Gasteiger partial charge in [0.15, 0.2) is 0 Å². The maximum atomic E-state index is 13.7. The summed E-state index contributed by atoms with van der Waals surface area (Å²) in [5.74, 6) is -1.37. The zero-order chi connectivity index (χ0) is 14.9. The standard InChI is InChI=1S/C13H15FN4O2/c1-17-4-3-16-12(17)7-18(2)11-6-9(14)8(13(19)20)5-10(11)15/h3-6H,7,15H2,1-2H3,(H,19,20). The molecule has 0 radical (unpaired) electrons. The number of benzene rings is 1. The van der Waals surface area contributed by atoms with E-state index in [0.717, 1.165) is 18.0 Å². The van der Waals surface area contributed by atoms with Gasteiger partial charge in [-0.15, -0.1) is 0 Å². The van der Waals surface area contributed by atoms with Crippen molar-refractivity contribution < 1.29 is 14.3 Å². The quantitative estimate of drug-likeness (QED) is 0.827. The van der Waals surface area contributed by atoms with Gasteiger partial charge >= 0.3 is 5.97 Å². The minimum Gasteiger partial charge on any atom is -0.478 e. The highest BCUT2D eigenvalue weighted by molar-refractivity contribution is 5.90. The SMILES string of the molecule is CN(Cc1nccn1C)c1cc(F)c(C(=O)O)cc1N. The van der Waals surface area contributed by atoms with Crippen LogP contribution in [0.5, 0.6) is 0 Å². The third kappa shape index (κ3) is 2.56. The summed E-state index contributed by atoms with van der Waals surface area (Å²) in [7, 11) is 3.59. The predicted octanol–water partition coefficient (Wildman–Crippen LogP) is 1.48. The molecule has 0 aliphatic rings. The molecule has 106 valence electrons. The average Bonchev–Trinajstić information content (AvgIpc) is 2.77. The van der Waals surface area contributed by atoms with Gasteiger partial charge in [0.1, 0.15) is 11.6 Å². The second kappa shape index (κ2) is 5.20. The topological polar surface area (TPSA) is 84.4 Å². The first-order chi connectivity index (χ1) is 9.40. The van der Waals surface area contributed by atoms with Crippen molar-refractivity contribution in [3.05, 3.63) is 41.7 Å². The molecular formula is C13H15FN4O2. The molecule has 0 bridgehead atoms. The zero-order valence-corrected chi connectivity index (χ0v) is 11.2. The first kappa shape index (κ1) is 13.9. The molecule has 6 nitrogen and oxygen atoms in total. The maximum absolute atomic E-state index is 13.7. The predicted molar refractivity (Wildman–Crippen MR) is 73.1 cm³/mol. The Hall–Kier alpha value is -2.57. The molecule has 1 aromatic carbocycles. The molecule has 2 rings (SSSR count). The van der Waals surface area contributed by atoms with E-state index in [1.165, 1.54) is 0 Å². The number of aryl methyl sites for hydroxylation is 1. The van der Waals surface area contributed by atoms with Gasteiger partial charge in [-0.3, -0.25) is 0 Å². The molecule has 20 heavy (non-hydrogen) atoms. The fourth-order valence-corrected chi connectivity index (χ4v) is 1.92. The largest absolute Gasteiger partial charge is 0.478 e. The van der Waals surface area contributed by atoms with Gasteiger partial charge in [-0.25, -0.2) is 14.2 Å². The second-order valence-electron chi connectivity index (χ2n) is 4.51. The van der Waals surface area contributed by atoms with Gasteiger partial charge in [0, 0.05) is 32.6 Å². The third-order valence-corrected chi connectivity index (χ3v) is 3.06. The Morgan fingerprint density at radius 3 is 2.80 bits per heavy atom. The average molecular weight is 278 g/mol. The van der Waals surface area contributed by atoms with Crippen molar-refractivity contribution in [3.8, 4) is 0 Å². The summed E-state index contributed by atoms with van der Waals surface area (Å²) < 4.78 is 15.6. The minimum absolute atomic E-state index is 0.209. The van der Waals surface area contributed by atoms with E-state index in [1.54, 1.807) is 24.3 Å². The van der Waals surface area contributed by atoms with Gasteiger partial charge in [0.2, 0.25) is 0 Å². The molecule has 0 spiro atoms. The van der Waals surface area contributed by atoms with Crippen LogP contribution in [0.25, 0.3) is 0 Å². The Morgan fingerprint density at radius 1 is 1.55 bits per heavy atom. The number of nitrogens with zero attached hydrogens (tertiary/aromatic N) is 3. The van der Waals surface area contributed by atoms with E-state index < -0.39 is 17.3 Å². The van der Waals surface area contributed by atoms with Gasteiger partial charge in [0.05, 0.1) is 23.5 Å². The highest BCUT2D eigenvalue weighted by Crippen LogP contribution is 2.27. The molecule has 0 atom stereocenters. The molecule has 0 amide bonds. The Kier molecular flexibility index (Phi) is 3.60. The number of nitrogens with two attached hydrogens (primary N) is 1. The van der Waals surface area contributed by atoms with Crippen LogP contribution >= 0.6 is 0 Å². The third-order valence-electron chi connectivity index (χ3n) is 3.06. The van der Waals surface area contributed by atoms with E-state index in [1.807, 2.05) is 11.6 Å². The number of carboxylic acid groups (broad SMARTS) is 1. The monoisotopic (exact) mass is 278 g/mol. The van der Waals surface area contributed by atoms with Crippen molar-refractivity contribution in [2.45, 2.75) is 6.54 Å². The molecule has 0 fully saturated rings. The van der Waals surface area contributed by atoms with E-state index in [0.29, 0.717) is 12.2 Å². The number of nitrogen functional groups attached to an aromatic ring is 1. The molecule has 0 saturated carbocycles. The van der Waals surface area contributed by atoms with E-state index in [9.17, 15) is 9.18 Å². The number of carbonyl (C=O) groups is 1. The summed E-state index contributed by atoms with van der Waals surface area (Å²) in [6, 6.07) is 2.25. The number of aromatic nitrogens is 2. The molecule has 3 N–H and O–H groups in total. The van der Waals surface area contributed by atoms with E-state index >= 15 is 0 Å². The second-order valence-corrected chi connectivity index (χ2v) is 4.51. The van der Waals surface area contributed by atoms with Crippen molar-refractivity contribution >= 4 is 17.3 Å². The maximum Gasteiger partial charge on any atom is 0.338 e. The molecule has 2 aromatic rings. The molecule has 0 aliphatic heterocycles. The normalized spacial score (nSPS) is 10.6. The summed E-state index contributed by atoms with van der Waals surface area (Å²) in [6.07, 6.45) is 3.47. The van der Waals surface area contributed by atoms with Gasteiger partial charge in [-0.2, -0.15) is 0 Å². The fourth-order valence-electron chi connectivity index (χ4n) is 1.92. The Bertz CT molecular complexity index is 654. The molecule has 1 aromatic heterocycles. The lowest BCUT2D eigenvalue weighted by Gasteiger charge is -2.21.